The highest BCUT2D eigenvalue weighted by molar-refractivity contribution is 5.88. The summed E-state index contributed by atoms with van der Waals surface area (Å²) in [6, 6.07) is 7.63. The first-order valence-corrected chi connectivity index (χ1v) is 15.2. The maximum atomic E-state index is 14.4. The number of ether oxygens (including phenoxy) is 1. The summed E-state index contributed by atoms with van der Waals surface area (Å²) in [7, 11) is 0. The van der Waals surface area contributed by atoms with E-state index in [1.165, 1.54) is 20.0 Å². The number of H-pyrrole nitrogens is 1. The molecule has 2 aromatic rings. The molecule has 2 aromatic heterocycles. The number of morpholine rings is 1. The number of fused-ring (bicyclic) bond motifs is 3. The molecule has 0 radical (unpaired) electrons. The van der Waals surface area contributed by atoms with Gasteiger partial charge in [-0.1, -0.05) is 0 Å². The van der Waals surface area contributed by atoms with Crippen LogP contribution in [0, 0.1) is 22.3 Å². The van der Waals surface area contributed by atoms with Crippen LogP contribution in [-0.4, -0.2) is 81.9 Å². The molecule has 0 aromatic carbocycles. The Morgan fingerprint density at radius 3 is 2.59 bits per heavy atom. The van der Waals surface area contributed by atoms with Crippen LogP contribution in [0.1, 0.15) is 63.6 Å². The number of nitrogens with zero attached hydrogens (tertiary/aromatic N) is 4. The average Bonchev–Trinajstić information content (AvgIpc) is 3.51. The summed E-state index contributed by atoms with van der Waals surface area (Å²) in [6.45, 7) is 6.26. The van der Waals surface area contributed by atoms with Crippen LogP contribution in [0.25, 0.3) is 23.2 Å². The Morgan fingerprint density at radius 1 is 1.27 bits per heavy atom. The van der Waals surface area contributed by atoms with Gasteiger partial charge in [0.2, 0.25) is 0 Å². The summed E-state index contributed by atoms with van der Waals surface area (Å²) < 4.78 is 20.0. The van der Waals surface area contributed by atoms with Crippen molar-refractivity contribution in [2.45, 2.75) is 75.2 Å². The SMILES string of the molecule is CC(C)(O)C(F)CN/C=C(\N=N)c1cnc(-c2ccc(/C=C(/C#N)C=N)[nH]2)cc1NC12CCC(N3CCOCC3)(CC1)CC2. The van der Waals surface area contributed by atoms with Crippen molar-refractivity contribution in [1.82, 2.24) is 20.2 Å². The lowest BCUT2D eigenvalue weighted by molar-refractivity contribution is -0.0689. The molecular weight excluding hydrogens is 561 g/mol. The lowest BCUT2D eigenvalue weighted by atomic mass is 9.60. The van der Waals surface area contributed by atoms with Crippen molar-refractivity contribution < 1.29 is 14.2 Å². The van der Waals surface area contributed by atoms with E-state index in [9.17, 15) is 14.8 Å². The molecule has 11 nitrogen and oxygen atoms in total. The zero-order valence-electron chi connectivity index (χ0n) is 25.4. The first-order chi connectivity index (χ1) is 21.1. The minimum absolute atomic E-state index is 0.109. The Morgan fingerprint density at radius 2 is 1.98 bits per heavy atom. The largest absolute Gasteiger partial charge is 0.387 e. The number of rotatable bonds is 12. The number of anilines is 1. The molecule has 3 aliphatic carbocycles. The Labute approximate surface area is 257 Å². The predicted molar refractivity (Wildman–Crippen MR) is 168 cm³/mol. The highest BCUT2D eigenvalue weighted by atomic mass is 19.1. The lowest BCUT2D eigenvalue weighted by Crippen LogP contribution is -2.62. The molecule has 6 N–H and O–H groups in total. The predicted octanol–water partition coefficient (Wildman–Crippen LogP) is 5.25. The number of aliphatic hydroxyl groups is 1. The second-order valence-electron chi connectivity index (χ2n) is 12.7. The average molecular weight is 604 g/mol. The second-order valence-corrected chi connectivity index (χ2v) is 12.7. The third kappa shape index (κ3) is 6.75. The Kier molecular flexibility index (Phi) is 9.29. The molecule has 1 unspecified atom stereocenters. The fraction of sp³-hybridized carbons (Fsp3) is 0.531. The van der Waals surface area contributed by atoms with Crippen molar-refractivity contribution in [1.29, 1.82) is 16.2 Å². The highest BCUT2D eigenvalue weighted by Gasteiger charge is 2.51. The molecule has 44 heavy (non-hydrogen) atoms. The number of aromatic nitrogens is 2. The van der Waals surface area contributed by atoms with Gasteiger partial charge in [0.15, 0.2) is 0 Å². The van der Waals surface area contributed by atoms with Gasteiger partial charge in [-0.05, 0) is 76.6 Å². The van der Waals surface area contributed by atoms with Crippen LogP contribution in [0.2, 0.25) is 0 Å². The van der Waals surface area contributed by atoms with Crippen LogP contribution in [0.5, 0.6) is 0 Å². The summed E-state index contributed by atoms with van der Waals surface area (Å²) >= 11 is 0. The number of nitrogens with one attached hydrogen (secondary N) is 5. The van der Waals surface area contributed by atoms with Crippen molar-refractivity contribution in [3.8, 4) is 17.5 Å². The summed E-state index contributed by atoms with van der Waals surface area (Å²) in [5.41, 5.74) is 10.6. The van der Waals surface area contributed by atoms with Gasteiger partial charge in [0.05, 0.1) is 35.8 Å². The molecule has 0 spiro atoms. The molecule has 3 saturated carbocycles. The monoisotopic (exact) mass is 603 g/mol. The van der Waals surface area contributed by atoms with Gasteiger partial charge < -0.3 is 30.9 Å². The number of alkyl halides is 1. The quantitative estimate of drug-likeness (QED) is 0.109. The van der Waals surface area contributed by atoms with Crippen molar-refractivity contribution in [2.75, 3.05) is 38.2 Å². The zero-order chi connectivity index (χ0) is 31.4. The van der Waals surface area contributed by atoms with Crippen LogP contribution in [0.3, 0.4) is 0 Å². The molecule has 234 valence electrons. The third-order valence-electron chi connectivity index (χ3n) is 9.47. The summed E-state index contributed by atoms with van der Waals surface area (Å²) in [6.07, 6.45) is 10.6. The van der Waals surface area contributed by atoms with E-state index in [-0.39, 0.29) is 23.2 Å². The number of hydrogen-bond donors (Lipinski definition) is 6. The van der Waals surface area contributed by atoms with Crippen LogP contribution < -0.4 is 10.6 Å². The Balaban J connectivity index is 1.44. The lowest BCUT2D eigenvalue weighted by Gasteiger charge is -2.58. The van der Waals surface area contributed by atoms with Crippen LogP contribution in [0.15, 0.2) is 41.3 Å². The van der Waals surface area contributed by atoms with E-state index in [0.29, 0.717) is 22.6 Å². The van der Waals surface area contributed by atoms with E-state index >= 15 is 0 Å². The van der Waals surface area contributed by atoms with Gasteiger partial charge in [0.1, 0.15) is 17.9 Å². The third-order valence-corrected chi connectivity index (χ3v) is 9.47. The van der Waals surface area contributed by atoms with Gasteiger partial charge in [0, 0.05) is 66.3 Å². The van der Waals surface area contributed by atoms with Crippen molar-refractivity contribution in [3.05, 3.63) is 47.4 Å². The number of hydrogen-bond acceptors (Lipinski definition) is 10. The van der Waals surface area contributed by atoms with E-state index < -0.39 is 11.8 Å². The smallest absolute Gasteiger partial charge is 0.145 e. The zero-order valence-corrected chi connectivity index (χ0v) is 25.4. The normalized spacial score (nSPS) is 25.2. The van der Waals surface area contributed by atoms with Crippen LogP contribution >= 0.6 is 0 Å². The van der Waals surface area contributed by atoms with Crippen molar-refractivity contribution >= 4 is 23.7 Å². The number of halogens is 1. The fourth-order valence-corrected chi connectivity index (χ4v) is 6.66. The molecule has 4 fully saturated rings. The molecule has 3 heterocycles. The number of pyridine rings is 1. The minimum Gasteiger partial charge on any atom is -0.387 e. The minimum atomic E-state index is -1.51. The first kappa shape index (κ1) is 31.5. The summed E-state index contributed by atoms with van der Waals surface area (Å²) in [5, 5.41) is 37.1. The molecule has 4 aliphatic rings. The maximum absolute atomic E-state index is 14.4. The standard InChI is InChI=1S/C32H42FN9O2/c1-30(2,43)29(33)21-37-20-28(41-36)24-19-38-27(25-4-3-23(39-25)15-22(17-34)18-35)16-26(24)40-31-5-8-32(9-6-31,10-7-31)42-11-13-44-14-12-42/h3-4,15-17,19-20,29,34,36-37,39,43H,5-14,21H2,1-2H3,(H,38,40)/b22-15+,28-20-,34-17?,41-36?. The second kappa shape index (κ2) is 13.0. The van der Waals surface area contributed by atoms with Crippen LogP contribution in [0.4, 0.5) is 10.1 Å². The molecule has 12 heteroatoms. The fourth-order valence-electron chi connectivity index (χ4n) is 6.66. The first-order valence-electron chi connectivity index (χ1n) is 15.2. The molecule has 0 amide bonds. The molecule has 1 atom stereocenters. The Hall–Kier alpha value is -3.92. The van der Waals surface area contributed by atoms with Crippen molar-refractivity contribution in [3.63, 3.8) is 0 Å². The van der Waals surface area contributed by atoms with Crippen molar-refractivity contribution in [2.24, 2.45) is 5.11 Å². The van der Waals surface area contributed by atoms with E-state index in [0.717, 1.165) is 82.4 Å². The molecular formula is C32H42FN9O2. The van der Waals surface area contributed by atoms with Crippen LogP contribution in [-0.2, 0) is 4.74 Å². The van der Waals surface area contributed by atoms with E-state index in [1.807, 2.05) is 24.3 Å². The van der Waals surface area contributed by atoms with E-state index in [2.05, 4.69) is 30.6 Å². The number of aromatic amines is 1. The van der Waals surface area contributed by atoms with Gasteiger partial charge in [0.25, 0.3) is 0 Å². The number of allylic oxidation sites excluding steroid dienone is 1. The Bertz CT molecular complexity index is 1440. The summed E-state index contributed by atoms with van der Waals surface area (Å²) in [5.74, 6) is 0. The summed E-state index contributed by atoms with van der Waals surface area (Å²) in [4.78, 5) is 10.6. The van der Waals surface area contributed by atoms with Gasteiger partial charge in [-0.15, -0.1) is 0 Å². The molecule has 6 rings (SSSR count). The molecule has 1 saturated heterocycles. The molecule has 2 bridgehead atoms. The number of nitriles is 1. The topological polar surface area (TPSA) is 169 Å². The highest BCUT2D eigenvalue weighted by Crippen LogP contribution is 2.51. The van der Waals surface area contributed by atoms with Gasteiger partial charge in [-0.3, -0.25) is 9.88 Å². The van der Waals surface area contributed by atoms with Gasteiger partial charge in [-0.25, -0.2) is 9.92 Å². The van der Waals surface area contributed by atoms with E-state index in [1.54, 1.807) is 12.3 Å². The molecule has 1 aliphatic heterocycles. The van der Waals surface area contributed by atoms with Gasteiger partial charge in [-0.2, -0.15) is 10.4 Å². The van der Waals surface area contributed by atoms with Gasteiger partial charge >= 0.3 is 0 Å². The van der Waals surface area contributed by atoms with E-state index in [4.69, 9.17) is 15.7 Å². The maximum Gasteiger partial charge on any atom is 0.145 e.